The van der Waals surface area contributed by atoms with Crippen molar-refractivity contribution in [1.29, 1.82) is 0 Å². The molecule has 4 atom stereocenters. The molecule has 5 heteroatoms. The van der Waals surface area contributed by atoms with Gasteiger partial charge in [-0.15, -0.1) is 0 Å². The Morgan fingerprint density at radius 1 is 1.69 bits per heavy atom. The summed E-state index contributed by atoms with van der Waals surface area (Å²) in [4.78, 5) is 10.7. The molecular formula is C8H13BO4. The lowest BCUT2D eigenvalue weighted by Crippen LogP contribution is -2.33. The Balaban J connectivity index is 2.62. The first-order valence-corrected chi connectivity index (χ1v) is 4.25. The number of aliphatic hydroxyl groups excluding tert-OH is 1. The van der Waals surface area contributed by atoms with Gasteiger partial charge in [-0.1, -0.05) is 6.92 Å². The largest absolute Gasteiger partial charge is 0.459 e. The number of hydrogen-bond donors (Lipinski definition) is 1. The van der Waals surface area contributed by atoms with Gasteiger partial charge in [0.25, 0.3) is 0 Å². The maximum Gasteiger partial charge on any atom is 0.303 e. The van der Waals surface area contributed by atoms with Gasteiger partial charge in [0.15, 0.2) is 0 Å². The van der Waals surface area contributed by atoms with E-state index in [0.717, 1.165) is 0 Å². The van der Waals surface area contributed by atoms with Crippen molar-refractivity contribution in [1.82, 2.24) is 0 Å². The zero-order valence-electron chi connectivity index (χ0n) is 7.77. The lowest BCUT2D eigenvalue weighted by molar-refractivity contribution is -0.151. The molecule has 2 radical (unpaired) electrons. The standard InChI is InChI=1S/C8H13BO4/c1-4-7(12-5(2)11)6(3-10)13-8(4)9/h4,6-8,10H,3H2,1-2H3/t4?,6-,7+,8-/m1/s1. The highest BCUT2D eigenvalue weighted by molar-refractivity contribution is 6.11. The molecule has 0 aliphatic carbocycles. The topological polar surface area (TPSA) is 55.8 Å². The van der Waals surface area contributed by atoms with Crippen LogP contribution < -0.4 is 0 Å². The van der Waals surface area contributed by atoms with E-state index in [1.165, 1.54) is 6.92 Å². The van der Waals surface area contributed by atoms with Crippen LogP contribution in [0.3, 0.4) is 0 Å². The van der Waals surface area contributed by atoms with Crippen LogP contribution in [0.15, 0.2) is 0 Å². The van der Waals surface area contributed by atoms with Crippen LogP contribution in [0.1, 0.15) is 13.8 Å². The van der Waals surface area contributed by atoms with Crippen LogP contribution in [0.5, 0.6) is 0 Å². The van der Waals surface area contributed by atoms with Crippen molar-refractivity contribution >= 4 is 13.8 Å². The van der Waals surface area contributed by atoms with Crippen LogP contribution in [0, 0.1) is 5.92 Å². The number of carbonyl (C=O) groups excluding carboxylic acids is 1. The summed E-state index contributed by atoms with van der Waals surface area (Å²) in [6, 6.07) is -0.471. The number of rotatable bonds is 2. The van der Waals surface area contributed by atoms with Crippen LogP contribution in [-0.4, -0.2) is 43.7 Å². The van der Waals surface area contributed by atoms with Crippen molar-refractivity contribution in [3.63, 3.8) is 0 Å². The number of esters is 1. The summed E-state index contributed by atoms with van der Waals surface area (Å²) in [6.45, 7) is 2.97. The van der Waals surface area contributed by atoms with Crippen LogP contribution in [-0.2, 0) is 14.3 Å². The van der Waals surface area contributed by atoms with E-state index < -0.39 is 18.2 Å². The Labute approximate surface area is 78.6 Å². The van der Waals surface area contributed by atoms with Crippen molar-refractivity contribution in [3.8, 4) is 0 Å². The fraction of sp³-hybridized carbons (Fsp3) is 0.875. The summed E-state index contributed by atoms with van der Waals surface area (Å²) in [5.74, 6) is -0.464. The molecule has 1 rings (SSSR count). The Hall–Kier alpha value is -0.545. The predicted octanol–water partition coefficient (Wildman–Crippen LogP) is -0.560. The molecule has 1 unspecified atom stereocenters. The van der Waals surface area contributed by atoms with Gasteiger partial charge in [-0.2, -0.15) is 0 Å². The minimum Gasteiger partial charge on any atom is -0.459 e. The molecule has 1 aliphatic rings. The summed E-state index contributed by atoms with van der Waals surface area (Å²) >= 11 is 0. The number of hydrogen-bond acceptors (Lipinski definition) is 4. The van der Waals surface area contributed by atoms with E-state index in [2.05, 4.69) is 0 Å². The van der Waals surface area contributed by atoms with Gasteiger partial charge >= 0.3 is 5.97 Å². The molecule has 1 heterocycles. The highest BCUT2D eigenvalue weighted by Crippen LogP contribution is 2.27. The SMILES string of the molecule is [B][C@@H]1O[C@H](CO)[C@@H](OC(C)=O)C1C. The fourth-order valence-corrected chi connectivity index (χ4v) is 1.45. The van der Waals surface area contributed by atoms with E-state index in [1.807, 2.05) is 6.92 Å². The Bertz CT molecular complexity index is 197. The van der Waals surface area contributed by atoms with E-state index in [1.54, 1.807) is 0 Å². The molecule has 72 valence electrons. The van der Waals surface area contributed by atoms with E-state index >= 15 is 0 Å². The zero-order chi connectivity index (χ0) is 10.0. The molecule has 1 fully saturated rings. The summed E-state index contributed by atoms with van der Waals surface area (Å²) in [5, 5.41) is 8.91. The normalized spacial score (nSPS) is 39.0. The summed E-state index contributed by atoms with van der Waals surface area (Å²) < 4.78 is 10.2. The van der Waals surface area contributed by atoms with Crippen molar-refractivity contribution in [3.05, 3.63) is 0 Å². The second kappa shape index (κ2) is 4.11. The number of carbonyl (C=O) groups is 1. The third-order valence-corrected chi connectivity index (χ3v) is 2.22. The molecule has 1 N–H and O–H groups in total. The number of aliphatic hydroxyl groups is 1. The van der Waals surface area contributed by atoms with Gasteiger partial charge in [0.1, 0.15) is 20.1 Å². The summed E-state index contributed by atoms with van der Waals surface area (Å²) in [6.07, 6.45) is -0.925. The summed E-state index contributed by atoms with van der Waals surface area (Å²) in [7, 11) is 5.59. The van der Waals surface area contributed by atoms with Crippen molar-refractivity contribution < 1.29 is 19.4 Å². The third-order valence-electron chi connectivity index (χ3n) is 2.22. The lowest BCUT2D eigenvalue weighted by atomic mass is 9.86. The second-order valence-corrected chi connectivity index (χ2v) is 3.25. The fourth-order valence-electron chi connectivity index (χ4n) is 1.45. The molecule has 0 saturated carbocycles. The molecule has 0 aromatic heterocycles. The van der Waals surface area contributed by atoms with E-state index in [-0.39, 0.29) is 18.5 Å². The van der Waals surface area contributed by atoms with E-state index in [9.17, 15) is 4.79 Å². The maximum atomic E-state index is 10.7. The predicted molar refractivity (Wildman–Crippen MR) is 46.2 cm³/mol. The lowest BCUT2D eigenvalue weighted by Gasteiger charge is -2.19. The molecule has 0 amide bonds. The maximum absolute atomic E-state index is 10.7. The quantitative estimate of drug-likeness (QED) is 0.461. The Kier molecular flexibility index (Phi) is 3.33. The van der Waals surface area contributed by atoms with Crippen LogP contribution >= 0.6 is 0 Å². The smallest absolute Gasteiger partial charge is 0.303 e. The average Bonchev–Trinajstić information content (AvgIpc) is 2.31. The first kappa shape index (κ1) is 10.5. The Morgan fingerprint density at radius 2 is 2.31 bits per heavy atom. The molecule has 1 saturated heterocycles. The molecule has 0 aromatic rings. The molecule has 0 aromatic carbocycles. The van der Waals surface area contributed by atoms with Gasteiger partial charge in [-0.05, 0) is 0 Å². The van der Waals surface area contributed by atoms with Crippen molar-refractivity contribution in [2.75, 3.05) is 6.61 Å². The molecule has 4 nitrogen and oxygen atoms in total. The molecule has 13 heavy (non-hydrogen) atoms. The summed E-state index contributed by atoms with van der Waals surface area (Å²) in [5.41, 5.74) is 0. The highest BCUT2D eigenvalue weighted by atomic mass is 16.6. The van der Waals surface area contributed by atoms with E-state index in [4.69, 9.17) is 22.4 Å². The number of ether oxygens (including phenoxy) is 2. The monoisotopic (exact) mass is 184 g/mol. The van der Waals surface area contributed by atoms with Gasteiger partial charge in [-0.3, -0.25) is 4.79 Å². The molecule has 0 bridgehead atoms. The van der Waals surface area contributed by atoms with E-state index in [0.29, 0.717) is 0 Å². The zero-order valence-corrected chi connectivity index (χ0v) is 7.77. The van der Waals surface area contributed by atoms with Crippen molar-refractivity contribution in [2.24, 2.45) is 5.92 Å². The van der Waals surface area contributed by atoms with Crippen LogP contribution in [0.25, 0.3) is 0 Å². The first-order chi connectivity index (χ1) is 6.06. The van der Waals surface area contributed by atoms with Gasteiger partial charge in [0.05, 0.1) is 6.61 Å². The minimum absolute atomic E-state index is 0.0824. The molecular weight excluding hydrogens is 171 g/mol. The van der Waals surface area contributed by atoms with Gasteiger partial charge in [0, 0.05) is 18.8 Å². The van der Waals surface area contributed by atoms with Crippen LogP contribution in [0.4, 0.5) is 0 Å². The molecule has 0 spiro atoms. The van der Waals surface area contributed by atoms with Gasteiger partial charge in [-0.25, -0.2) is 0 Å². The minimum atomic E-state index is -0.492. The van der Waals surface area contributed by atoms with Crippen LogP contribution in [0.2, 0.25) is 0 Å². The average molecular weight is 184 g/mol. The second-order valence-electron chi connectivity index (χ2n) is 3.25. The van der Waals surface area contributed by atoms with Crippen molar-refractivity contribution in [2.45, 2.75) is 32.1 Å². The Morgan fingerprint density at radius 3 is 2.77 bits per heavy atom. The highest BCUT2D eigenvalue weighted by Gasteiger charge is 2.40. The van der Waals surface area contributed by atoms with Gasteiger partial charge in [0.2, 0.25) is 0 Å². The third kappa shape index (κ3) is 2.22. The van der Waals surface area contributed by atoms with Gasteiger partial charge < -0.3 is 14.6 Å². The molecule has 1 aliphatic heterocycles. The first-order valence-electron chi connectivity index (χ1n) is 4.25.